The Morgan fingerprint density at radius 3 is 2.56 bits per heavy atom. The van der Waals surface area contributed by atoms with Gasteiger partial charge >= 0.3 is 0 Å². The molecule has 0 bridgehead atoms. The normalized spacial score (nSPS) is 16.0. The molecule has 1 N–H and O–H groups in total. The molecule has 7 rings (SSSR count). The van der Waals surface area contributed by atoms with Crippen LogP contribution in [0.3, 0.4) is 0 Å². The van der Waals surface area contributed by atoms with E-state index in [1.54, 1.807) is 17.7 Å². The second-order valence-corrected chi connectivity index (χ2v) is 12.0. The van der Waals surface area contributed by atoms with Gasteiger partial charge in [-0.15, -0.1) is 0 Å². The van der Waals surface area contributed by atoms with Crippen molar-refractivity contribution in [2.75, 3.05) is 64.9 Å². The van der Waals surface area contributed by atoms with E-state index in [1.165, 1.54) is 18.5 Å². The van der Waals surface area contributed by atoms with Crippen molar-refractivity contribution < 1.29 is 14.3 Å². The summed E-state index contributed by atoms with van der Waals surface area (Å²) in [5.74, 6) is 1.10. The van der Waals surface area contributed by atoms with E-state index in [-0.39, 0.29) is 5.91 Å². The van der Waals surface area contributed by atoms with E-state index in [0.717, 1.165) is 79.6 Å². The number of hydrogen-bond donors (Lipinski definition) is 1. The number of aryl methyl sites for hydroxylation is 1. The van der Waals surface area contributed by atoms with E-state index >= 15 is 0 Å². The fraction of sp³-hybridized carbons (Fsp3) is 0.412. The monoisotopic (exact) mass is 608 g/mol. The minimum Gasteiger partial charge on any atom is -0.492 e. The Kier molecular flexibility index (Phi) is 8.47. The highest BCUT2D eigenvalue weighted by atomic mass is 16.5. The third kappa shape index (κ3) is 6.56. The van der Waals surface area contributed by atoms with Crippen LogP contribution in [0.25, 0.3) is 16.6 Å². The summed E-state index contributed by atoms with van der Waals surface area (Å²) in [6, 6.07) is 15.9. The molecule has 1 aromatic carbocycles. The van der Waals surface area contributed by atoms with Crippen molar-refractivity contribution in [3.63, 3.8) is 0 Å². The van der Waals surface area contributed by atoms with Crippen LogP contribution in [0, 0.1) is 6.92 Å². The van der Waals surface area contributed by atoms with Crippen LogP contribution in [0.2, 0.25) is 0 Å². The zero-order chi connectivity index (χ0) is 30.8. The zero-order valence-corrected chi connectivity index (χ0v) is 26.0. The van der Waals surface area contributed by atoms with Crippen molar-refractivity contribution in [2.45, 2.75) is 32.2 Å². The minimum atomic E-state index is -0.237. The third-order valence-electron chi connectivity index (χ3n) is 8.81. The molecule has 0 unspecified atom stereocenters. The van der Waals surface area contributed by atoms with Crippen LogP contribution in [-0.2, 0) is 11.3 Å². The van der Waals surface area contributed by atoms with Crippen molar-refractivity contribution in [3.8, 4) is 5.75 Å². The quantitative estimate of drug-likeness (QED) is 0.225. The molecule has 11 nitrogen and oxygen atoms in total. The molecule has 1 amide bonds. The standard InChI is InChI=1S/C34H40N8O3/c1-24-33-29(7-4-8-30(33)42(38-24)23-26-5-3-6-28(36-26)25-9-10-25)37-34(43)31-22-35-32-21-27(11-12-41(31)32)45-20-18-40-15-13-39(14-16-40)17-19-44-2/h3-8,11-12,21-22,25H,9-10,13-20,23H2,1-2H3,(H,37,43). The van der Waals surface area contributed by atoms with Gasteiger partial charge in [0, 0.05) is 75.6 Å². The highest BCUT2D eigenvalue weighted by Crippen LogP contribution is 2.39. The highest BCUT2D eigenvalue weighted by molar-refractivity contribution is 6.08. The molecule has 2 fully saturated rings. The van der Waals surface area contributed by atoms with Crippen LogP contribution in [0.1, 0.15) is 46.3 Å². The molecule has 1 aliphatic carbocycles. The maximum atomic E-state index is 13.5. The maximum Gasteiger partial charge on any atom is 0.274 e. The average molecular weight is 609 g/mol. The van der Waals surface area contributed by atoms with Crippen molar-refractivity contribution in [1.82, 2.24) is 33.9 Å². The van der Waals surface area contributed by atoms with Gasteiger partial charge in [0.05, 0.1) is 41.9 Å². The molecular formula is C34H40N8O3. The lowest BCUT2D eigenvalue weighted by Gasteiger charge is -2.34. The fourth-order valence-corrected chi connectivity index (χ4v) is 6.15. The van der Waals surface area contributed by atoms with Gasteiger partial charge in [-0.25, -0.2) is 4.98 Å². The number of ether oxygens (including phenoxy) is 2. The topological polar surface area (TPSA) is 102 Å². The molecule has 0 spiro atoms. The van der Waals surface area contributed by atoms with Crippen molar-refractivity contribution in [1.29, 1.82) is 0 Å². The molecule has 0 radical (unpaired) electrons. The first-order valence-electron chi connectivity index (χ1n) is 15.8. The molecule has 1 saturated heterocycles. The van der Waals surface area contributed by atoms with Crippen LogP contribution in [0.4, 0.5) is 5.69 Å². The number of aromatic nitrogens is 5. The third-order valence-corrected chi connectivity index (χ3v) is 8.81. The summed E-state index contributed by atoms with van der Waals surface area (Å²) in [5.41, 5.74) is 5.80. The molecule has 0 atom stereocenters. The number of benzene rings is 1. The number of carbonyl (C=O) groups excluding carboxylic acids is 1. The zero-order valence-electron chi connectivity index (χ0n) is 26.0. The summed E-state index contributed by atoms with van der Waals surface area (Å²) in [6.45, 7) is 9.95. The Morgan fingerprint density at radius 2 is 1.78 bits per heavy atom. The van der Waals surface area contributed by atoms with Gasteiger partial charge in [0.15, 0.2) is 0 Å². The summed E-state index contributed by atoms with van der Waals surface area (Å²) in [6.07, 6.45) is 5.89. The smallest absolute Gasteiger partial charge is 0.274 e. The van der Waals surface area contributed by atoms with E-state index in [0.29, 0.717) is 30.4 Å². The van der Waals surface area contributed by atoms with E-state index in [2.05, 4.69) is 38.3 Å². The number of fused-ring (bicyclic) bond motifs is 2. The van der Waals surface area contributed by atoms with E-state index in [9.17, 15) is 4.79 Å². The number of anilines is 1. The Balaban J connectivity index is 0.994. The Bertz CT molecular complexity index is 1800. The molecule has 4 aromatic heterocycles. The van der Waals surface area contributed by atoms with Gasteiger partial charge in [-0.2, -0.15) is 5.10 Å². The molecule has 11 heteroatoms. The van der Waals surface area contributed by atoms with Gasteiger partial charge < -0.3 is 14.8 Å². The molecule has 5 heterocycles. The van der Waals surface area contributed by atoms with Crippen LogP contribution in [-0.4, -0.2) is 99.4 Å². The highest BCUT2D eigenvalue weighted by Gasteiger charge is 2.25. The number of piperazine rings is 1. The number of carbonyl (C=O) groups is 1. The predicted octanol–water partition coefficient (Wildman–Crippen LogP) is 4.21. The van der Waals surface area contributed by atoms with Crippen LogP contribution >= 0.6 is 0 Å². The van der Waals surface area contributed by atoms with Gasteiger partial charge in [0.2, 0.25) is 0 Å². The number of hydrogen-bond acceptors (Lipinski definition) is 8. The Labute approximate surface area is 262 Å². The number of methoxy groups -OCH3 is 1. The number of rotatable bonds is 12. The van der Waals surface area contributed by atoms with Gasteiger partial charge in [0.25, 0.3) is 5.91 Å². The number of amides is 1. The molecule has 45 heavy (non-hydrogen) atoms. The summed E-state index contributed by atoms with van der Waals surface area (Å²) in [7, 11) is 1.75. The second-order valence-electron chi connectivity index (χ2n) is 12.0. The van der Waals surface area contributed by atoms with Crippen molar-refractivity contribution in [2.24, 2.45) is 0 Å². The summed E-state index contributed by atoms with van der Waals surface area (Å²) in [5, 5.41) is 8.85. The molecular weight excluding hydrogens is 568 g/mol. The van der Waals surface area contributed by atoms with Crippen LogP contribution in [0.5, 0.6) is 5.75 Å². The van der Waals surface area contributed by atoms with Crippen LogP contribution < -0.4 is 10.1 Å². The van der Waals surface area contributed by atoms with E-state index in [1.807, 2.05) is 48.1 Å². The number of pyridine rings is 2. The van der Waals surface area contributed by atoms with Gasteiger partial charge in [-0.05, 0) is 50.1 Å². The number of imidazole rings is 1. The maximum absolute atomic E-state index is 13.5. The van der Waals surface area contributed by atoms with E-state index < -0.39 is 0 Å². The van der Waals surface area contributed by atoms with Gasteiger partial charge in [-0.1, -0.05) is 12.1 Å². The SMILES string of the molecule is COCCN1CCN(CCOc2ccn3c(C(=O)Nc4cccc5c4c(C)nn5Cc4cccc(C5CC5)n4)cnc3c2)CC1. The van der Waals surface area contributed by atoms with Crippen molar-refractivity contribution in [3.05, 3.63) is 83.7 Å². The number of nitrogens with zero attached hydrogens (tertiary/aromatic N) is 7. The number of nitrogens with one attached hydrogen (secondary N) is 1. The first-order chi connectivity index (χ1) is 22.1. The molecule has 2 aliphatic rings. The first kappa shape index (κ1) is 29.4. The minimum absolute atomic E-state index is 0.237. The van der Waals surface area contributed by atoms with Gasteiger partial charge in [-0.3, -0.25) is 28.7 Å². The first-order valence-corrected chi connectivity index (χ1v) is 15.8. The predicted molar refractivity (Wildman–Crippen MR) is 173 cm³/mol. The average Bonchev–Trinajstić information content (AvgIpc) is 3.75. The fourth-order valence-electron chi connectivity index (χ4n) is 6.15. The van der Waals surface area contributed by atoms with Gasteiger partial charge in [0.1, 0.15) is 23.7 Å². The molecule has 1 aliphatic heterocycles. The molecule has 1 saturated carbocycles. The Hall–Kier alpha value is -4.32. The lowest BCUT2D eigenvalue weighted by molar-refractivity contribution is 0.0894. The largest absolute Gasteiger partial charge is 0.492 e. The lowest BCUT2D eigenvalue weighted by Crippen LogP contribution is -2.48. The lowest BCUT2D eigenvalue weighted by atomic mass is 10.1. The summed E-state index contributed by atoms with van der Waals surface area (Å²) >= 11 is 0. The van der Waals surface area contributed by atoms with E-state index in [4.69, 9.17) is 19.6 Å². The Morgan fingerprint density at radius 1 is 1.00 bits per heavy atom. The van der Waals surface area contributed by atoms with Crippen LogP contribution in [0.15, 0.2) is 60.9 Å². The second kappa shape index (κ2) is 13.0. The molecule has 234 valence electrons. The molecule has 5 aromatic rings. The van der Waals surface area contributed by atoms with Crippen molar-refractivity contribution >= 4 is 28.1 Å². The summed E-state index contributed by atoms with van der Waals surface area (Å²) in [4.78, 5) is 27.7. The summed E-state index contributed by atoms with van der Waals surface area (Å²) < 4.78 is 15.0.